The van der Waals surface area contributed by atoms with Gasteiger partial charge in [-0.3, -0.25) is 4.98 Å². The lowest BCUT2D eigenvalue weighted by Crippen LogP contribution is -2.52. The number of methoxy groups -OCH3 is 2. The van der Waals surface area contributed by atoms with Gasteiger partial charge in [0.1, 0.15) is 16.4 Å². The van der Waals surface area contributed by atoms with Gasteiger partial charge in [-0.1, -0.05) is 0 Å². The number of sulfonamides is 1. The van der Waals surface area contributed by atoms with Gasteiger partial charge in [-0.25, -0.2) is 13.2 Å². The molecule has 0 unspecified atom stereocenters. The van der Waals surface area contributed by atoms with Gasteiger partial charge in [0.2, 0.25) is 10.0 Å². The lowest BCUT2D eigenvalue weighted by molar-refractivity contribution is 0.172. The third kappa shape index (κ3) is 4.96. The zero-order valence-corrected chi connectivity index (χ0v) is 17.2. The number of carbonyl (C=O) groups excluding carboxylic acids is 1. The molecule has 1 N–H and O–H groups in total. The van der Waals surface area contributed by atoms with Crippen molar-refractivity contribution in [1.29, 1.82) is 0 Å². The lowest BCUT2D eigenvalue weighted by atomic mass is 10.2. The molecule has 2 amide bonds. The number of aromatic nitrogens is 1. The number of ether oxygens (including phenoxy) is 2. The van der Waals surface area contributed by atoms with Crippen molar-refractivity contribution in [2.75, 3.05) is 40.4 Å². The summed E-state index contributed by atoms with van der Waals surface area (Å²) in [6.45, 7) is 1.40. The van der Waals surface area contributed by atoms with Crippen LogP contribution in [0.15, 0.2) is 47.6 Å². The summed E-state index contributed by atoms with van der Waals surface area (Å²) in [5, 5.41) is 2.85. The van der Waals surface area contributed by atoms with Gasteiger partial charge < -0.3 is 19.7 Å². The maximum atomic E-state index is 12.6. The van der Waals surface area contributed by atoms with Crippen molar-refractivity contribution in [2.45, 2.75) is 11.4 Å². The molecular formula is C19H24N4O5S. The smallest absolute Gasteiger partial charge is 0.317 e. The fraction of sp³-hybridized carbons (Fsp3) is 0.368. The number of nitrogens with one attached hydrogen (secondary N) is 1. The van der Waals surface area contributed by atoms with Crippen molar-refractivity contribution in [2.24, 2.45) is 0 Å². The standard InChI is InChI=1S/C19H24N4O5S/c1-27-16-10-15(11-17(12-16)28-2)13-21-19(24)22-6-8-23(9-7-22)29(25,26)18-4-3-5-20-14-18/h3-5,10-12,14H,6-9,13H2,1-2H3,(H,21,24). The SMILES string of the molecule is COc1cc(CNC(=O)N2CCN(S(=O)(=O)c3cccnc3)CC2)cc(OC)c1. The van der Waals surface area contributed by atoms with E-state index in [1.807, 2.05) is 12.1 Å². The number of hydrogen-bond acceptors (Lipinski definition) is 6. The van der Waals surface area contributed by atoms with Gasteiger partial charge in [0.25, 0.3) is 0 Å². The van der Waals surface area contributed by atoms with Crippen LogP contribution in [-0.4, -0.2) is 69.0 Å². The Hall–Kier alpha value is -2.85. The zero-order chi connectivity index (χ0) is 20.9. The normalized spacial score (nSPS) is 15.0. The summed E-state index contributed by atoms with van der Waals surface area (Å²) in [4.78, 5) is 18.1. The number of nitrogens with zero attached hydrogens (tertiary/aromatic N) is 3. The van der Waals surface area contributed by atoms with E-state index in [9.17, 15) is 13.2 Å². The van der Waals surface area contributed by atoms with E-state index in [1.165, 1.54) is 22.8 Å². The van der Waals surface area contributed by atoms with Gasteiger partial charge in [-0.15, -0.1) is 0 Å². The molecule has 0 saturated carbocycles. The fourth-order valence-corrected chi connectivity index (χ4v) is 4.42. The third-order valence-electron chi connectivity index (χ3n) is 4.65. The summed E-state index contributed by atoms with van der Waals surface area (Å²) in [5.41, 5.74) is 0.840. The highest BCUT2D eigenvalue weighted by Crippen LogP contribution is 2.22. The van der Waals surface area contributed by atoms with Crippen LogP contribution in [0, 0.1) is 0 Å². The molecule has 0 atom stereocenters. The maximum absolute atomic E-state index is 12.6. The van der Waals surface area contributed by atoms with Gasteiger partial charge in [-0.2, -0.15) is 4.31 Å². The highest BCUT2D eigenvalue weighted by Gasteiger charge is 2.30. The number of rotatable bonds is 6. The molecule has 2 heterocycles. The van der Waals surface area contributed by atoms with Gasteiger partial charge in [0, 0.05) is 51.2 Å². The van der Waals surface area contributed by atoms with Crippen LogP contribution in [0.3, 0.4) is 0 Å². The number of carbonyl (C=O) groups is 1. The fourth-order valence-electron chi connectivity index (χ4n) is 3.04. The molecule has 0 radical (unpaired) electrons. The molecule has 1 fully saturated rings. The monoisotopic (exact) mass is 420 g/mol. The molecule has 0 spiro atoms. The van der Waals surface area contributed by atoms with E-state index in [-0.39, 0.29) is 24.0 Å². The molecule has 2 aromatic rings. The number of hydrogen-bond donors (Lipinski definition) is 1. The van der Waals surface area contributed by atoms with Crippen LogP contribution >= 0.6 is 0 Å². The summed E-state index contributed by atoms with van der Waals surface area (Å²) >= 11 is 0. The predicted molar refractivity (Wildman–Crippen MR) is 106 cm³/mol. The molecule has 1 aromatic heterocycles. The average Bonchev–Trinajstić information content (AvgIpc) is 2.77. The second-order valence-corrected chi connectivity index (χ2v) is 8.40. The minimum atomic E-state index is -3.60. The van der Waals surface area contributed by atoms with Crippen LogP contribution in [0.2, 0.25) is 0 Å². The molecule has 1 aromatic carbocycles. The number of pyridine rings is 1. The Balaban J connectivity index is 1.55. The van der Waals surface area contributed by atoms with Gasteiger partial charge >= 0.3 is 6.03 Å². The molecule has 29 heavy (non-hydrogen) atoms. The Labute approximate surface area is 170 Å². The summed E-state index contributed by atoms with van der Waals surface area (Å²) in [6, 6.07) is 8.26. The molecule has 1 aliphatic rings. The van der Waals surface area contributed by atoms with Gasteiger partial charge in [-0.05, 0) is 29.8 Å². The Morgan fingerprint density at radius 1 is 1.10 bits per heavy atom. The highest BCUT2D eigenvalue weighted by molar-refractivity contribution is 7.89. The first-order valence-corrected chi connectivity index (χ1v) is 10.5. The first-order chi connectivity index (χ1) is 13.9. The Bertz CT molecular complexity index is 922. The van der Waals surface area contributed by atoms with E-state index in [2.05, 4.69) is 10.3 Å². The molecule has 0 aliphatic carbocycles. The molecule has 0 bridgehead atoms. The van der Waals surface area contributed by atoms with E-state index in [1.54, 1.807) is 31.3 Å². The zero-order valence-electron chi connectivity index (χ0n) is 16.4. The molecule has 156 valence electrons. The van der Waals surface area contributed by atoms with Crippen LogP contribution in [0.25, 0.3) is 0 Å². The van der Waals surface area contributed by atoms with Gasteiger partial charge in [0.15, 0.2) is 0 Å². The van der Waals surface area contributed by atoms with Crippen LogP contribution in [0.4, 0.5) is 4.79 Å². The average molecular weight is 420 g/mol. The third-order valence-corrected chi connectivity index (χ3v) is 6.54. The highest BCUT2D eigenvalue weighted by atomic mass is 32.2. The number of amides is 2. The van der Waals surface area contributed by atoms with E-state index >= 15 is 0 Å². The Morgan fingerprint density at radius 3 is 2.31 bits per heavy atom. The molecule has 9 nitrogen and oxygen atoms in total. The quantitative estimate of drug-likeness (QED) is 0.756. The summed E-state index contributed by atoms with van der Waals surface area (Å²) < 4.78 is 37.1. The minimum Gasteiger partial charge on any atom is -0.497 e. The molecule has 1 saturated heterocycles. The Morgan fingerprint density at radius 2 is 1.76 bits per heavy atom. The lowest BCUT2D eigenvalue weighted by Gasteiger charge is -2.33. The van der Waals surface area contributed by atoms with Crippen molar-refractivity contribution in [1.82, 2.24) is 19.5 Å². The van der Waals surface area contributed by atoms with E-state index in [0.29, 0.717) is 31.1 Å². The second kappa shape index (κ2) is 9.10. The summed E-state index contributed by atoms with van der Waals surface area (Å²) in [7, 11) is -0.466. The predicted octanol–water partition coefficient (Wildman–Crippen LogP) is 1.31. The number of benzene rings is 1. The molecule has 1 aliphatic heterocycles. The Kier molecular flexibility index (Phi) is 6.55. The second-order valence-electron chi connectivity index (χ2n) is 6.46. The summed E-state index contributed by atoms with van der Waals surface area (Å²) in [5.74, 6) is 1.28. The van der Waals surface area contributed by atoms with E-state index in [4.69, 9.17) is 9.47 Å². The molecule has 10 heteroatoms. The van der Waals surface area contributed by atoms with Crippen molar-refractivity contribution >= 4 is 16.1 Å². The molecular weight excluding hydrogens is 396 g/mol. The van der Waals surface area contributed by atoms with Crippen LogP contribution in [0.1, 0.15) is 5.56 Å². The molecule has 3 rings (SSSR count). The van der Waals surface area contributed by atoms with Crippen LogP contribution < -0.4 is 14.8 Å². The topological polar surface area (TPSA) is 101 Å². The van der Waals surface area contributed by atoms with Gasteiger partial charge in [0.05, 0.1) is 14.2 Å². The number of piperazine rings is 1. The van der Waals surface area contributed by atoms with Crippen LogP contribution in [-0.2, 0) is 16.6 Å². The van der Waals surface area contributed by atoms with Crippen molar-refractivity contribution in [3.63, 3.8) is 0 Å². The summed E-state index contributed by atoms with van der Waals surface area (Å²) in [6.07, 6.45) is 2.86. The van der Waals surface area contributed by atoms with E-state index < -0.39 is 10.0 Å². The maximum Gasteiger partial charge on any atom is 0.317 e. The van der Waals surface area contributed by atoms with Crippen LogP contribution in [0.5, 0.6) is 11.5 Å². The largest absolute Gasteiger partial charge is 0.497 e. The first-order valence-electron chi connectivity index (χ1n) is 9.09. The number of urea groups is 1. The van der Waals surface area contributed by atoms with Crippen molar-refractivity contribution in [3.05, 3.63) is 48.3 Å². The van der Waals surface area contributed by atoms with Crippen molar-refractivity contribution in [3.8, 4) is 11.5 Å². The first kappa shape index (κ1) is 20.9. The van der Waals surface area contributed by atoms with Crippen molar-refractivity contribution < 1.29 is 22.7 Å². The van der Waals surface area contributed by atoms with E-state index in [0.717, 1.165) is 5.56 Å². The minimum absolute atomic E-state index is 0.157.